The number of piperidine rings is 1. The van der Waals surface area contributed by atoms with Crippen LogP contribution in [-0.2, 0) is 9.53 Å². The van der Waals surface area contributed by atoms with Gasteiger partial charge < -0.3 is 10.1 Å². The zero-order valence-corrected chi connectivity index (χ0v) is 17.1. The van der Waals surface area contributed by atoms with Crippen molar-refractivity contribution in [2.45, 2.75) is 78.2 Å². The normalized spacial score (nSPS) is 44.3. The van der Waals surface area contributed by atoms with E-state index in [9.17, 15) is 4.79 Å². The van der Waals surface area contributed by atoms with Crippen LogP contribution in [0.5, 0.6) is 0 Å². The summed E-state index contributed by atoms with van der Waals surface area (Å²) in [6.07, 6.45) is 12.0. The summed E-state index contributed by atoms with van der Waals surface area (Å²) >= 11 is 0. The molecule has 0 aromatic carbocycles. The van der Waals surface area contributed by atoms with Crippen molar-refractivity contribution in [3.63, 3.8) is 0 Å². The highest BCUT2D eigenvalue weighted by Crippen LogP contribution is 2.69. The lowest BCUT2D eigenvalue weighted by atomic mass is 9.42. The van der Waals surface area contributed by atoms with E-state index in [1.54, 1.807) is 5.57 Å². The van der Waals surface area contributed by atoms with Gasteiger partial charge in [0.05, 0.1) is 7.11 Å². The zero-order valence-electron chi connectivity index (χ0n) is 17.1. The van der Waals surface area contributed by atoms with Crippen molar-refractivity contribution in [2.24, 2.45) is 34.5 Å². The van der Waals surface area contributed by atoms with Crippen LogP contribution in [-0.4, -0.2) is 25.7 Å². The van der Waals surface area contributed by atoms with Gasteiger partial charge in [-0.05, 0) is 80.6 Å². The summed E-state index contributed by atoms with van der Waals surface area (Å²) in [6, 6.07) is 0.520. The number of ether oxygens (including phenoxy) is 1. The van der Waals surface area contributed by atoms with E-state index in [1.807, 2.05) is 0 Å². The van der Waals surface area contributed by atoms with Gasteiger partial charge in [0, 0.05) is 17.9 Å². The highest BCUT2D eigenvalue weighted by atomic mass is 16.5. The highest BCUT2D eigenvalue weighted by molar-refractivity contribution is 5.69. The van der Waals surface area contributed by atoms with Gasteiger partial charge in [-0.3, -0.25) is 4.79 Å². The van der Waals surface area contributed by atoms with Crippen LogP contribution in [0.15, 0.2) is 11.6 Å². The van der Waals surface area contributed by atoms with Crippen molar-refractivity contribution >= 4 is 5.97 Å². The average Bonchev–Trinajstić information content (AvgIpc) is 3.06. The minimum absolute atomic E-state index is 0.0383. The van der Waals surface area contributed by atoms with Crippen molar-refractivity contribution in [2.75, 3.05) is 13.7 Å². The molecule has 4 aliphatic rings. The first kappa shape index (κ1) is 18.5. The lowest BCUT2D eigenvalue weighted by molar-refractivity contribution is -0.146. The van der Waals surface area contributed by atoms with Crippen LogP contribution in [0, 0.1) is 34.5 Å². The van der Waals surface area contributed by atoms with Gasteiger partial charge in [0.2, 0.25) is 0 Å². The van der Waals surface area contributed by atoms with E-state index in [-0.39, 0.29) is 11.4 Å². The third-order valence-corrected chi connectivity index (χ3v) is 8.97. The molecule has 26 heavy (non-hydrogen) atoms. The van der Waals surface area contributed by atoms with Gasteiger partial charge in [0.15, 0.2) is 0 Å². The molecule has 0 spiro atoms. The van der Waals surface area contributed by atoms with Crippen LogP contribution in [0.4, 0.5) is 0 Å². The smallest absolute Gasteiger partial charge is 0.305 e. The van der Waals surface area contributed by atoms with Gasteiger partial charge in [0.25, 0.3) is 0 Å². The van der Waals surface area contributed by atoms with Gasteiger partial charge in [-0.15, -0.1) is 0 Å². The monoisotopic (exact) mass is 359 g/mol. The first-order valence-electron chi connectivity index (χ1n) is 10.9. The van der Waals surface area contributed by atoms with Gasteiger partial charge in [-0.2, -0.15) is 0 Å². The Morgan fingerprint density at radius 3 is 2.85 bits per heavy atom. The van der Waals surface area contributed by atoms with E-state index in [0.29, 0.717) is 29.7 Å². The number of esters is 1. The Hall–Kier alpha value is -0.830. The quantitative estimate of drug-likeness (QED) is 0.583. The van der Waals surface area contributed by atoms with E-state index < -0.39 is 0 Å². The van der Waals surface area contributed by atoms with Crippen LogP contribution in [0.25, 0.3) is 0 Å². The Labute approximate surface area is 159 Å². The van der Waals surface area contributed by atoms with E-state index in [0.717, 1.165) is 18.3 Å². The van der Waals surface area contributed by atoms with Crippen LogP contribution in [0.2, 0.25) is 0 Å². The van der Waals surface area contributed by atoms with Crippen molar-refractivity contribution in [1.82, 2.24) is 5.32 Å². The largest absolute Gasteiger partial charge is 0.469 e. The SMILES string of the molecule is COC(=O)CCC12C3=CCCC3CCC3CNC1C(C(C)C)CCC32C. The molecule has 0 amide bonds. The van der Waals surface area contributed by atoms with Gasteiger partial charge in [0.1, 0.15) is 0 Å². The van der Waals surface area contributed by atoms with Crippen LogP contribution < -0.4 is 5.32 Å². The molecule has 0 aromatic heterocycles. The number of fused-ring (bicyclic) bond motifs is 1. The maximum atomic E-state index is 12.2. The van der Waals surface area contributed by atoms with Crippen molar-refractivity contribution in [3.8, 4) is 0 Å². The molecule has 6 unspecified atom stereocenters. The second-order valence-electron chi connectivity index (χ2n) is 10.0. The Balaban J connectivity index is 1.84. The van der Waals surface area contributed by atoms with E-state index in [2.05, 4.69) is 32.2 Å². The molecule has 146 valence electrons. The molecule has 1 heterocycles. The molecule has 3 aliphatic carbocycles. The van der Waals surface area contributed by atoms with Gasteiger partial charge >= 0.3 is 5.97 Å². The summed E-state index contributed by atoms with van der Waals surface area (Å²) in [4.78, 5) is 12.2. The molecule has 1 aliphatic heterocycles. The Morgan fingerprint density at radius 2 is 2.12 bits per heavy atom. The second kappa shape index (κ2) is 6.65. The van der Waals surface area contributed by atoms with Gasteiger partial charge in [-0.25, -0.2) is 0 Å². The number of hydrogen-bond donors (Lipinski definition) is 1. The molecule has 1 saturated heterocycles. The molecule has 3 nitrogen and oxygen atoms in total. The molecule has 3 fully saturated rings. The van der Waals surface area contributed by atoms with Crippen LogP contribution >= 0.6 is 0 Å². The molecule has 4 bridgehead atoms. The Bertz CT molecular complexity index is 597. The molecule has 0 radical (unpaired) electrons. The summed E-state index contributed by atoms with van der Waals surface area (Å²) in [5, 5.41) is 4.05. The Kier molecular flexibility index (Phi) is 4.74. The topological polar surface area (TPSA) is 38.3 Å². The number of carbonyl (C=O) groups excluding carboxylic acids is 1. The maximum Gasteiger partial charge on any atom is 0.305 e. The Morgan fingerprint density at radius 1 is 1.31 bits per heavy atom. The molecule has 2 saturated carbocycles. The van der Waals surface area contributed by atoms with Crippen molar-refractivity contribution in [1.29, 1.82) is 0 Å². The molecule has 3 heteroatoms. The fraction of sp³-hybridized carbons (Fsp3) is 0.870. The molecular weight excluding hydrogens is 322 g/mol. The first-order valence-corrected chi connectivity index (χ1v) is 10.9. The fourth-order valence-electron chi connectivity index (χ4n) is 7.61. The lowest BCUT2D eigenvalue weighted by Gasteiger charge is -2.66. The predicted octanol–water partition coefficient (Wildman–Crippen LogP) is 4.72. The van der Waals surface area contributed by atoms with Crippen molar-refractivity contribution < 1.29 is 9.53 Å². The van der Waals surface area contributed by atoms with E-state index in [4.69, 9.17) is 4.74 Å². The molecule has 6 atom stereocenters. The van der Waals surface area contributed by atoms with E-state index in [1.165, 1.54) is 52.2 Å². The first-order chi connectivity index (χ1) is 12.4. The third-order valence-electron chi connectivity index (χ3n) is 8.97. The number of hydrogen-bond acceptors (Lipinski definition) is 3. The molecule has 0 aromatic rings. The molecule has 4 rings (SSSR count). The number of carbonyl (C=O) groups is 1. The summed E-state index contributed by atoms with van der Waals surface area (Å²) in [7, 11) is 1.53. The van der Waals surface area contributed by atoms with Crippen LogP contribution in [0.1, 0.15) is 72.1 Å². The molecule has 1 N–H and O–H groups in total. The maximum absolute atomic E-state index is 12.2. The number of allylic oxidation sites excluding steroid dienone is 1. The minimum atomic E-state index is -0.0383. The fourth-order valence-corrected chi connectivity index (χ4v) is 7.61. The highest BCUT2D eigenvalue weighted by Gasteiger charge is 2.66. The zero-order chi connectivity index (χ0) is 18.5. The van der Waals surface area contributed by atoms with E-state index >= 15 is 0 Å². The minimum Gasteiger partial charge on any atom is -0.469 e. The molecular formula is C23H37NO2. The summed E-state index contributed by atoms with van der Waals surface area (Å²) in [5.41, 5.74) is 2.20. The number of methoxy groups -OCH3 is 1. The average molecular weight is 360 g/mol. The summed E-state index contributed by atoms with van der Waals surface area (Å²) in [6.45, 7) is 8.55. The summed E-state index contributed by atoms with van der Waals surface area (Å²) < 4.78 is 5.07. The van der Waals surface area contributed by atoms with Gasteiger partial charge in [-0.1, -0.05) is 32.4 Å². The van der Waals surface area contributed by atoms with Crippen LogP contribution in [0.3, 0.4) is 0 Å². The van der Waals surface area contributed by atoms with Crippen molar-refractivity contribution in [3.05, 3.63) is 11.6 Å². The standard InChI is InChI=1S/C23H37NO2/c1-15(2)18-10-12-22(3)17-9-8-16-6-5-7-19(16)23(22,21(18)24-14-17)13-11-20(25)26-4/h7,15-18,21,24H,5-6,8-14H2,1-4H3. The second-order valence-corrected chi connectivity index (χ2v) is 10.0. The lowest BCUT2D eigenvalue weighted by Crippen LogP contribution is -2.69. The predicted molar refractivity (Wildman–Crippen MR) is 105 cm³/mol. The third kappa shape index (κ3) is 2.45. The summed E-state index contributed by atoms with van der Waals surface area (Å²) in [5.74, 6) is 2.86. The number of rotatable bonds is 4. The number of nitrogens with one attached hydrogen (secondary N) is 1.